The van der Waals surface area contributed by atoms with Gasteiger partial charge in [0.15, 0.2) is 5.82 Å². The molecule has 11 heteroatoms. The highest BCUT2D eigenvalue weighted by molar-refractivity contribution is 6.01. The van der Waals surface area contributed by atoms with E-state index in [1.54, 1.807) is 6.07 Å². The molecule has 0 spiro atoms. The first-order valence-electron chi connectivity index (χ1n) is 10.5. The fourth-order valence-electron chi connectivity index (χ4n) is 3.72. The van der Waals surface area contributed by atoms with E-state index in [2.05, 4.69) is 27.5 Å². The molecule has 0 saturated carbocycles. The van der Waals surface area contributed by atoms with Gasteiger partial charge in [-0.1, -0.05) is 12.1 Å². The number of hydrogen-bond acceptors (Lipinski definition) is 4. The van der Waals surface area contributed by atoms with Crippen LogP contribution in [0.4, 0.5) is 23.4 Å². The summed E-state index contributed by atoms with van der Waals surface area (Å²) in [6.07, 6.45) is -3.35. The number of benzene rings is 2. The van der Waals surface area contributed by atoms with Crippen molar-refractivity contribution in [2.24, 2.45) is 5.92 Å². The molecule has 1 aliphatic heterocycles. The number of carboxylic acid groups (broad SMARTS) is 1. The molecule has 2 heterocycles. The van der Waals surface area contributed by atoms with Gasteiger partial charge in [-0.25, -0.2) is 9.18 Å². The average Bonchev–Trinajstić information content (AvgIpc) is 3.16. The molecule has 0 atom stereocenters. The molecule has 7 nitrogen and oxygen atoms in total. The lowest BCUT2D eigenvalue weighted by molar-refractivity contribution is -0.192. The number of halogens is 4. The van der Waals surface area contributed by atoms with Crippen molar-refractivity contribution in [3.8, 4) is 11.1 Å². The third-order valence-electron chi connectivity index (χ3n) is 5.64. The molecular formula is C23H24F4N4O3. The molecule has 4 rings (SSSR count). The summed E-state index contributed by atoms with van der Waals surface area (Å²) >= 11 is 0. The van der Waals surface area contributed by atoms with Gasteiger partial charge in [-0.05, 0) is 80.9 Å². The lowest BCUT2D eigenvalue weighted by atomic mass is 9.96. The number of H-pyrrole nitrogens is 1. The third kappa shape index (κ3) is 6.10. The molecule has 3 aromatic rings. The average molecular weight is 480 g/mol. The van der Waals surface area contributed by atoms with Crippen LogP contribution in [0.3, 0.4) is 0 Å². The summed E-state index contributed by atoms with van der Waals surface area (Å²) in [5.41, 5.74) is 3.66. The molecule has 0 bridgehead atoms. The van der Waals surface area contributed by atoms with Crippen molar-refractivity contribution in [1.82, 2.24) is 15.1 Å². The normalized spacial score (nSPS) is 15.0. The number of rotatable bonds is 3. The van der Waals surface area contributed by atoms with E-state index in [9.17, 15) is 22.4 Å². The summed E-state index contributed by atoms with van der Waals surface area (Å²) in [5, 5.41) is 18.2. The number of aryl methyl sites for hydroxylation is 1. The van der Waals surface area contributed by atoms with Gasteiger partial charge >= 0.3 is 12.1 Å². The van der Waals surface area contributed by atoms with E-state index >= 15 is 0 Å². The number of carbonyl (C=O) groups is 2. The maximum absolute atomic E-state index is 13.4. The number of alkyl halides is 3. The van der Waals surface area contributed by atoms with Crippen molar-refractivity contribution in [3.63, 3.8) is 0 Å². The first-order valence-corrected chi connectivity index (χ1v) is 10.5. The SMILES string of the molecule is Cc1cc(F)ccc1-c1ccc2[nH]nc(NC(=O)C3CCN(C)CC3)c2c1.O=C(O)C(F)(F)F. The predicted molar refractivity (Wildman–Crippen MR) is 119 cm³/mol. The van der Waals surface area contributed by atoms with Crippen molar-refractivity contribution < 1.29 is 32.3 Å². The molecule has 1 aromatic heterocycles. The van der Waals surface area contributed by atoms with E-state index in [-0.39, 0.29) is 17.6 Å². The Balaban J connectivity index is 0.000000406. The number of aromatic amines is 1. The van der Waals surface area contributed by atoms with Crippen LogP contribution in [0.1, 0.15) is 18.4 Å². The molecule has 1 saturated heterocycles. The first kappa shape index (κ1) is 25.2. The van der Waals surface area contributed by atoms with Gasteiger partial charge in [0.1, 0.15) is 5.82 Å². The van der Waals surface area contributed by atoms with Crippen molar-refractivity contribution in [2.45, 2.75) is 25.9 Å². The van der Waals surface area contributed by atoms with E-state index in [1.165, 1.54) is 12.1 Å². The van der Waals surface area contributed by atoms with E-state index in [4.69, 9.17) is 9.90 Å². The molecule has 0 radical (unpaired) electrons. The van der Waals surface area contributed by atoms with Crippen LogP contribution < -0.4 is 5.32 Å². The van der Waals surface area contributed by atoms with E-state index in [0.717, 1.165) is 53.5 Å². The fourth-order valence-corrected chi connectivity index (χ4v) is 3.72. The Morgan fingerprint density at radius 2 is 1.79 bits per heavy atom. The fraction of sp³-hybridized carbons (Fsp3) is 0.348. The van der Waals surface area contributed by atoms with E-state index in [1.807, 2.05) is 25.1 Å². The second-order valence-corrected chi connectivity index (χ2v) is 8.16. The smallest absolute Gasteiger partial charge is 0.475 e. The standard InChI is InChI=1S/C21H23FN4O.C2HF3O2/c1-13-11-16(22)4-5-17(13)15-3-6-19-18(12-15)20(25-24-19)23-21(27)14-7-9-26(2)10-8-14;3-2(4,5)1(6)7/h3-6,11-12,14H,7-10H2,1-2H3,(H2,23,24,25,27);(H,6,7). The molecule has 1 fully saturated rings. The lowest BCUT2D eigenvalue weighted by Gasteiger charge is -2.27. The maximum Gasteiger partial charge on any atom is 0.490 e. The van der Waals surface area contributed by atoms with Gasteiger partial charge in [-0.3, -0.25) is 9.89 Å². The van der Waals surface area contributed by atoms with Crippen molar-refractivity contribution in [1.29, 1.82) is 0 Å². The van der Waals surface area contributed by atoms with Gasteiger partial charge in [0, 0.05) is 11.3 Å². The summed E-state index contributed by atoms with van der Waals surface area (Å²) in [6.45, 7) is 3.77. The van der Waals surface area contributed by atoms with Crippen LogP contribution in [-0.2, 0) is 9.59 Å². The highest BCUT2D eigenvalue weighted by atomic mass is 19.4. The Bertz CT molecular complexity index is 1180. The summed E-state index contributed by atoms with van der Waals surface area (Å²) in [7, 11) is 2.08. The van der Waals surface area contributed by atoms with Gasteiger partial charge in [0.05, 0.1) is 5.52 Å². The highest BCUT2D eigenvalue weighted by Crippen LogP contribution is 2.30. The van der Waals surface area contributed by atoms with Crippen LogP contribution in [0, 0.1) is 18.7 Å². The molecule has 0 aliphatic carbocycles. The number of nitrogens with one attached hydrogen (secondary N) is 2. The Morgan fingerprint density at radius 1 is 1.15 bits per heavy atom. The van der Waals surface area contributed by atoms with Crippen LogP contribution in [0.15, 0.2) is 36.4 Å². The second kappa shape index (κ2) is 10.2. The Morgan fingerprint density at radius 3 is 2.38 bits per heavy atom. The summed E-state index contributed by atoms with van der Waals surface area (Å²) in [5.74, 6) is -2.40. The van der Waals surface area contributed by atoms with Crippen LogP contribution in [-0.4, -0.2) is 58.4 Å². The van der Waals surface area contributed by atoms with Gasteiger partial charge in [0.25, 0.3) is 0 Å². The number of likely N-dealkylation sites (tertiary alicyclic amines) is 1. The quantitative estimate of drug-likeness (QED) is 0.477. The third-order valence-corrected chi connectivity index (χ3v) is 5.64. The first-order chi connectivity index (χ1) is 16.0. The minimum absolute atomic E-state index is 0.0236. The number of carbonyl (C=O) groups excluding carboxylic acids is 1. The number of nitrogens with zero attached hydrogens (tertiary/aromatic N) is 2. The van der Waals surface area contributed by atoms with Crippen LogP contribution in [0.5, 0.6) is 0 Å². The van der Waals surface area contributed by atoms with Gasteiger partial charge in [0.2, 0.25) is 5.91 Å². The summed E-state index contributed by atoms with van der Waals surface area (Å²) in [6, 6.07) is 10.7. The molecule has 0 unspecified atom stereocenters. The summed E-state index contributed by atoms with van der Waals surface area (Å²) < 4.78 is 45.1. The number of aliphatic carboxylic acids is 1. The van der Waals surface area contributed by atoms with Crippen molar-refractivity contribution in [2.75, 3.05) is 25.5 Å². The topological polar surface area (TPSA) is 98.3 Å². The van der Waals surface area contributed by atoms with Gasteiger partial charge in [-0.2, -0.15) is 18.3 Å². The number of anilines is 1. The van der Waals surface area contributed by atoms with Gasteiger partial charge in [-0.15, -0.1) is 0 Å². The Kier molecular flexibility index (Phi) is 7.55. The minimum atomic E-state index is -5.08. The number of aromatic nitrogens is 2. The van der Waals surface area contributed by atoms with Gasteiger partial charge < -0.3 is 15.3 Å². The zero-order valence-corrected chi connectivity index (χ0v) is 18.5. The maximum atomic E-state index is 13.4. The Labute approximate surface area is 192 Å². The molecular weight excluding hydrogens is 456 g/mol. The van der Waals surface area contributed by atoms with E-state index < -0.39 is 12.1 Å². The van der Waals surface area contributed by atoms with Crippen LogP contribution >= 0.6 is 0 Å². The van der Waals surface area contributed by atoms with E-state index in [0.29, 0.717) is 5.82 Å². The number of fused-ring (bicyclic) bond motifs is 1. The molecule has 1 amide bonds. The number of carboxylic acids is 1. The van der Waals surface area contributed by atoms with Crippen LogP contribution in [0.25, 0.3) is 22.0 Å². The number of amides is 1. The summed E-state index contributed by atoms with van der Waals surface area (Å²) in [4.78, 5) is 23.8. The zero-order valence-electron chi connectivity index (χ0n) is 18.5. The number of hydrogen-bond donors (Lipinski definition) is 3. The van der Waals surface area contributed by atoms with Crippen molar-refractivity contribution >= 4 is 28.6 Å². The monoisotopic (exact) mass is 480 g/mol. The zero-order chi connectivity index (χ0) is 25.0. The van der Waals surface area contributed by atoms with Crippen LogP contribution in [0.2, 0.25) is 0 Å². The molecule has 1 aliphatic rings. The Hall–Kier alpha value is -3.47. The molecule has 3 N–H and O–H groups in total. The molecule has 2 aromatic carbocycles. The number of piperidine rings is 1. The van der Waals surface area contributed by atoms with Crippen molar-refractivity contribution in [3.05, 3.63) is 47.8 Å². The molecule has 34 heavy (non-hydrogen) atoms. The second-order valence-electron chi connectivity index (χ2n) is 8.16. The predicted octanol–water partition coefficient (Wildman–Crippen LogP) is 4.59. The molecule has 182 valence electrons. The minimum Gasteiger partial charge on any atom is -0.475 e. The highest BCUT2D eigenvalue weighted by Gasteiger charge is 2.38. The largest absolute Gasteiger partial charge is 0.490 e. The lowest BCUT2D eigenvalue weighted by Crippen LogP contribution is -2.36.